The van der Waals surface area contributed by atoms with Gasteiger partial charge in [-0.1, -0.05) is 47.2 Å². The van der Waals surface area contributed by atoms with Gasteiger partial charge in [-0.3, -0.25) is 9.69 Å². The number of thiazole rings is 1. The fourth-order valence-corrected chi connectivity index (χ4v) is 4.11. The zero-order valence-electron chi connectivity index (χ0n) is 17.2. The maximum atomic E-state index is 13.1. The Balaban J connectivity index is 0.00000320. The summed E-state index contributed by atoms with van der Waals surface area (Å²) in [6.45, 7) is 1.46. The number of anilines is 1. The molecule has 5 nitrogen and oxygen atoms in total. The second kappa shape index (κ2) is 11.3. The van der Waals surface area contributed by atoms with Crippen LogP contribution in [0.15, 0.2) is 48.5 Å². The van der Waals surface area contributed by atoms with E-state index in [0.717, 1.165) is 28.7 Å². The highest BCUT2D eigenvalue weighted by atomic mass is 35.5. The Hall–Kier alpha value is -2.12. The second-order valence-corrected chi connectivity index (χ2v) is 8.22. The molecule has 0 saturated heterocycles. The number of aromatic nitrogens is 1. The van der Waals surface area contributed by atoms with E-state index in [-0.39, 0.29) is 18.3 Å². The first-order chi connectivity index (χ1) is 14.0. The topological polar surface area (TPSA) is 45.7 Å². The molecule has 0 unspecified atom stereocenters. The molecule has 160 valence electrons. The molecule has 1 heterocycles. The molecule has 3 aromatic rings. The number of ether oxygens (including phenoxy) is 1. The number of carbonyl (C=O) groups is 1. The summed E-state index contributed by atoms with van der Waals surface area (Å²) in [5.41, 5.74) is 1.58. The molecule has 0 N–H and O–H groups in total. The molecule has 2 aromatic carbocycles. The lowest BCUT2D eigenvalue weighted by molar-refractivity contribution is -0.114. The van der Waals surface area contributed by atoms with E-state index in [2.05, 4.69) is 4.90 Å². The van der Waals surface area contributed by atoms with E-state index in [4.69, 9.17) is 21.3 Å². The Kier molecular flexibility index (Phi) is 9.11. The zero-order valence-corrected chi connectivity index (χ0v) is 19.6. The van der Waals surface area contributed by atoms with Crippen LogP contribution < -0.4 is 9.64 Å². The van der Waals surface area contributed by atoms with Crippen molar-refractivity contribution in [1.29, 1.82) is 0 Å². The summed E-state index contributed by atoms with van der Waals surface area (Å²) in [4.78, 5) is 21.6. The molecule has 0 fully saturated rings. The van der Waals surface area contributed by atoms with Gasteiger partial charge in [0.05, 0.1) is 11.8 Å². The highest BCUT2D eigenvalue weighted by Crippen LogP contribution is 2.34. The SMILES string of the molecule is COc1cccc2sc(N(CCCN(C)C)C(=O)C=Cc3ccccc3Cl)nc12.Cl. The first-order valence-electron chi connectivity index (χ1n) is 9.32. The molecular weight excluding hydrogens is 441 g/mol. The lowest BCUT2D eigenvalue weighted by Crippen LogP contribution is -2.32. The van der Waals surface area contributed by atoms with Crippen molar-refractivity contribution in [2.24, 2.45) is 0 Å². The normalized spacial score (nSPS) is 11.1. The smallest absolute Gasteiger partial charge is 0.252 e. The van der Waals surface area contributed by atoms with Crippen molar-refractivity contribution in [3.8, 4) is 5.75 Å². The highest BCUT2D eigenvalue weighted by molar-refractivity contribution is 7.22. The third-order valence-corrected chi connectivity index (χ3v) is 5.77. The van der Waals surface area contributed by atoms with Crippen molar-refractivity contribution in [3.63, 3.8) is 0 Å². The fourth-order valence-electron chi connectivity index (χ4n) is 2.90. The van der Waals surface area contributed by atoms with Crippen molar-refractivity contribution < 1.29 is 9.53 Å². The van der Waals surface area contributed by atoms with Crippen LogP contribution >= 0.6 is 35.3 Å². The number of halogens is 2. The van der Waals surface area contributed by atoms with Crippen LogP contribution in [0.5, 0.6) is 5.75 Å². The Morgan fingerprint density at radius 1 is 1.17 bits per heavy atom. The number of methoxy groups -OCH3 is 1. The molecule has 1 aromatic heterocycles. The Labute approximate surface area is 192 Å². The molecule has 8 heteroatoms. The molecule has 3 rings (SSSR count). The van der Waals surface area contributed by atoms with Gasteiger partial charge in [0.25, 0.3) is 5.91 Å². The monoisotopic (exact) mass is 465 g/mol. The molecule has 0 aliphatic rings. The Bertz CT molecular complexity index is 1020. The predicted molar refractivity (Wildman–Crippen MR) is 129 cm³/mol. The van der Waals surface area contributed by atoms with Crippen molar-refractivity contribution in [2.75, 3.05) is 39.2 Å². The lowest BCUT2D eigenvalue weighted by Gasteiger charge is -2.19. The van der Waals surface area contributed by atoms with Crippen LogP contribution in [0.4, 0.5) is 5.13 Å². The summed E-state index contributed by atoms with van der Waals surface area (Å²) in [5.74, 6) is 0.582. The van der Waals surface area contributed by atoms with Crippen molar-refractivity contribution in [1.82, 2.24) is 9.88 Å². The second-order valence-electron chi connectivity index (χ2n) is 6.81. The summed E-state index contributed by atoms with van der Waals surface area (Å²) in [6, 6.07) is 13.2. The molecule has 0 saturated carbocycles. The number of amides is 1. The molecular formula is C22H25Cl2N3O2S. The number of fused-ring (bicyclic) bond motifs is 1. The van der Waals surface area contributed by atoms with Crippen LogP contribution in [0, 0.1) is 0 Å². The molecule has 0 aliphatic carbocycles. The molecule has 0 bridgehead atoms. The minimum atomic E-state index is -0.123. The number of rotatable bonds is 8. The number of carbonyl (C=O) groups excluding carboxylic acids is 1. The van der Waals surface area contributed by atoms with E-state index in [0.29, 0.717) is 22.4 Å². The van der Waals surface area contributed by atoms with Gasteiger partial charge < -0.3 is 9.64 Å². The van der Waals surface area contributed by atoms with Gasteiger partial charge in [0.15, 0.2) is 5.13 Å². The maximum absolute atomic E-state index is 13.1. The Morgan fingerprint density at radius 2 is 1.93 bits per heavy atom. The lowest BCUT2D eigenvalue weighted by atomic mass is 10.2. The van der Waals surface area contributed by atoms with Crippen LogP contribution in [0.2, 0.25) is 5.02 Å². The third-order valence-electron chi connectivity index (χ3n) is 4.39. The number of benzene rings is 2. The van der Waals surface area contributed by atoms with E-state index in [1.165, 1.54) is 11.3 Å². The summed E-state index contributed by atoms with van der Waals surface area (Å²) in [7, 11) is 5.66. The number of para-hydroxylation sites is 1. The Morgan fingerprint density at radius 3 is 2.63 bits per heavy atom. The average Bonchev–Trinajstić information content (AvgIpc) is 3.14. The fraction of sp³-hybridized carbons (Fsp3) is 0.273. The van der Waals surface area contributed by atoms with E-state index >= 15 is 0 Å². The minimum absolute atomic E-state index is 0. The van der Waals surface area contributed by atoms with Gasteiger partial charge in [-0.2, -0.15) is 0 Å². The van der Waals surface area contributed by atoms with Crippen LogP contribution in [-0.4, -0.2) is 50.1 Å². The van der Waals surface area contributed by atoms with Crippen LogP contribution in [0.3, 0.4) is 0 Å². The number of hydrogen-bond donors (Lipinski definition) is 0. The van der Waals surface area contributed by atoms with Gasteiger partial charge in [-0.15, -0.1) is 12.4 Å². The van der Waals surface area contributed by atoms with Gasteiger partial charge in [-0.05, 0) is 56.9 Å². The number of nitrogens with zero attached hydrogens (tertiary/aromatic N) is 3. The first-order valence-corrected chi connectivity index (χ1v) is 10.5. The van der Waals surface area contributed by atoms with Gasteiger partial charge in [0, 0.05) is 17.6 Å². The molecule has 0 radical (unpaired) electrons. The van der Waals surface area contributed by atoms with E-state index in [1.54, 1.807) is 30.2 Å². The summed E-state index contributed by atoms with van der Waals surface area (Å²) >= 11 is 7.69. The zero-order chi connectivity index (χ0) is 20.8. The van der Waals surface area contributed by atoms with Crippen molar-refractivity contribution in [3.05, 3.63) is 59.1 Å². The first kappa shape index (κ1) is 24.2. The molecule has 30 heavy (non-hydrogen) atoms. The summed E-state index contributed by atoms with van der Waals surface area (Å²) in [6.07, 6.45) is 4.14. The average molecular weight is 466 g/mol. The third kappa shape index (κ3) is 5.95. The van der Waals surface area contributed by atoms with Crippen molar-refractivity contribution in [2.45, 2.75) is 6.42 Å². The molecule has 0 spiro atoms. The molecule has 0 aliphatic heterocycles. The van der Waals surface area contributed by atoms with Gasteiger partial charge >= 0.3 is 0 Å². The summed E-state index contributed by atoms with van der Waals surface area (Å²) in [5, 5.41) is 1.28. The van der Waals surface area contributed by atoms with Crippen LogP contribution in [0.1, 0.15) is 12.0 Å². The minimum Gasteiger partial charge on any atom is -0.494 e. The van der Waals surface area contributed by atoms with E-state index < -0.39 is 0 Å². The maximum Gasteiger partial charge on any atom is 0.252 e. The van der Waals surface area contributed by atoms with Gasteiger partial charge in [0.2, 0.25) is 0 Å². The van der Waals surface area contributed by atoms with Crippen LogP contribution in [-0.2, 0) is 4.79 Å². The van der Waals surface area contributed by atoms with Gasteiger partial charge in [-0.25, -0.2) is 4.98 Å². The molecule has 0 atom stereocenters. The predicted octanol–water partition coefficient (Wildman–Crippen LogP) is 5.38. The largest absolute Gasteiger partial charge is 0.494 e. The van der Waals surface area contributed by atoms with E-state index in [9.17, 15) is 4.79 Å². The quantitative estimate of drug-likeness (QED) is 0.419. The molecule has 1 amide bonds. The van der Waals surface area contributed by atoms with Crippen LogP contribution in [0.25, 0.3) is 16.3 Å². The highest BCUT2D eigenvalue weighted by Gasteiger charge is 2.19. The summed E-state index contributed by atoms with van der Waals surface area (Å²) < 4.78 is 6.40. The standard InChI is InChI=1S/C22H24ClN3O2S.ClH/c1-25(2)14-7-15-26(20(27)13-12-16-8-4-5-9-17(16)23)22-24-21-18(28-3)10-6-11-19(21)29-22;/h4-6,8-13H,7,14-15H2,1-3H3;1H. The van der Waals surface area contributed by atoms with E-state index in [1.807, 2.05) is 50.5 Å². The van der Waals surface area contributed by atoms with Crippen molar-refractivity contribution >= 4 is 62.7 Å². The number of hydrogen-bond acceptors (Lipinski definition) is 5. The van der Waals surface area contributed by atoms with Gasteiger partial charge in [0.1, 0.15) is 11.3 Å².